The molecular weight excluding hydrogens is 310 g/mol. The number of hydrogen-bond donors (Lipinski definition) is 2. The van der Waals surface area contributed by atoms with Crippen molar-refractivity contribution in [2.45, 2.75) is 24.7 Å². The second kappa shape index (κ2) is 6.96. The molecule has 1 aliphatic heterocycles. The van der Waals surface area contributed by atoms with E-state index in [1.807, 2.05) is 0 Å². The van der Waals surface area contributed by atoms with E-state index in [1.54, 1.807) is 0 Å². The van der Waals surface area contributed by atoms with Gasteiger partial charge in [-0.15, -0.1) is 0 Å². The lowest BCUT2D eigenvalue weighted by molar-refractivity contribution is 0.194. The fourth-order valence-electron chi connectivity index (χ4n) is 2.49. The maximum atomic E-state index is 12.2. The molecule has 1 fully saturated rings. The molecule has 0 aliphatic carbocycles. The first-order valence-corrected chi connectivity index (χ1v) is 9.05. The highest BCUT2D eigenvalue weighted by atomic mass is 35.5. The summed E-state index contributed by atoms with van der Waals surface area (Å²) < 4.78 is 27.2. The lowest BCUT2D eigenvalue weighted by Gasteiger charge is -2.30. The molecular formula is C14H22ClN3O2S. The molecule has 3 N–H and O–H groups in total. The zero-order chi connectivity index (χ0) is 15.5. The van der Waals surface area contributed by atoms with E-state index in [1.165, 1.54) is 18.2 Å². The molecule has 1 aliphatic rings. The molecule has 21 heavy (non-hydrogen) atoms. The molecule has 1 saturated heterocycles. The molecule has 0 radical (unpaired) electrons. The van der Waals surface area contributed by atoms with Crippen LogP contribution in [0.15, 0.2) is 23.1 Å². The summed E-state index contributed by atoms with van der Waals surface area (Å²) in [6.45, 7) is 5.76. The van der Waals surface area contributed by atoms with Gasteiger partial charge < -0.3 is 10.6 Å². The van der Waals surface area contributed by atoms with E-state index in [-0.39, 0.29) is 9.92 Å². The van der Waals surface area contributed by atoms with Crippen LogP contribution < -0.4 is 10.5 Å². The van der Waals surface area contributed by atoms with Crippen LogP contribution in [0.5, 0.6) is 0 Å². The first kappa shape index (κ1) is 16.5. The molecule has 7 heteroatoms. The predicted molar refractivity (Wildman–Crippen MR) is 85.9 cm³/mol. The molecule has 1 heterocycles. The topological polar surface area (TPSA) is 75.4 Å². The van der Waals surface area contributed by atoms with Crippen molar-refractivity contribution in [2.75, 3.05) is 31.9 Å². The number of sulfonamides is 1. The van der Waals surface area contributed by atoms with E-state index >= 15 is 0 Å². The van der Waals surface area contributed by atoms with Crippen molar-refractivity contribution in [3.05, 3.63) is 23.2 Å². The Morgan fingerprint density at radius 3 is 2.62 bits per heavy atom. The van der Waals surface area contributed by atoms with Gasteiger partial charge in [0, 0.05) is 6.54 Å². The molecule has 0 unspecified atom stereocenters. The SMILES string of the molecule is CCN1CCC(CNS(=O)(=O)c2ccc(N)c(Cl)c2)CC1. The van der Waals surface area contributed by atoms with Crippen molar-refractivity contribution >= 4 is 27.3 Å². The van der Waals surface area contributed by atoms with E-state index in [2.05, 4.69) is 16.5 Å². The fourth-order valence-corrected chi connectivity index (χ4v) is 3.88. The number of hydrogen-bond acceptors (Lipinski definition) is 4. The number of piperidine rings is 1. The van der Waals surface area contributed by atoms with E-state index in [0.29, 0.717) is 18.2 Å². The van der Waals surface area contributed by atoms with Gasteiger partial charge in [0.25, 0.3) is 0 Å². The molecule has 2 rings (SSSR count). The lowest BCUT2D eigenvalue weighted by Crippen LogP contribution is -2.38. The van der Waals surface area contributed by atoms with Gasteiger partial charge in [-0.1, -0.05) is 18.5 Å². The number of anilines is 1. The lowest BCUT2D eigenvalue weighted by atomic mass is 9.97. The van der Waals surface area contributed by atoms with Crippen LogP contribution in [0.1, 0.15) is 19.8 Å². The average molecular weight is 332 g/mol. The van der Waals surface area contributed by atoms with Gasteiger partial charge in [0.1, 0.15) is 0 Å². The molecule has 0 amide bonds. The zero-order valence-corrected chi connectivity index (χ0v) is 13.8. The quantitative estimate of drug-likeness (QED) is 0.808. The number of halogens is 1. The number of likely N-dealkylation sites (tertiary alicyclic amines) is 1. The van der Waals surface area contributed by atoms with Crippen LogP contribution in [0.4, 0.5) is 5.69 Å². The van der Waals surface area contributed by atoms with Gasteiger partial charge in [-0.3, -0.25) is 0 Å². The third-order valence-corrected chi connectivity index (χ3v) is 5.75. The second-order valence-corrected chi connectivity index (χ2v) is 7.59. The Balaban J connectivity index is 1.94. The molecule has 0 spiro atoms. The zero-order valence-electron chi connectivity index (χ0n) is 12.2. The summed E-state index contributed by atoms with van der Waals surface area (Å²) in [4.78, 5) is 2.54. The van der Waals surface area contributed by atoms with Crippen molar-refractivity contribution in [3.8, 4) is 0 Å². The van der Waals surface area contributed by atoms with Gasteiger partial charge in [0.05, 0.1) is 15.6 Å². The number of nitrogens with one attached hydrogen (secondary N) is 1. The maximum absolute atomic E-state index is 12.2. The molecule has 118 valence electrons. The van der Waals surface area contributed by atoms with Crippen LogP contribution >= 0.6 is 11.6 Å². The number of nitrogen functional groups attached to an aromatic ring is 1. The molecule has 1 aromatic rings. The molecule has 5 nitrogen and oxygen atoms in total. The van der Waals surface area contributed by atoms with Crippen LogP contribution in [0.2, 0.25) is 5.02 Å². The van der Waals surface area contributed by atoms with Crippen molar-refractivity contribution in [3.63, 3.8) is 0 Å². The normalized spacial score (nSPS) is 18.0. The van der Waals surface area contributed by atoms with E-state index < -0.39 is 10.0 Å². The predicted octanol–water partition coefficient (Wildman–Crippen LogP) is 1.93. The van der Waals surface area contributed by atoms with Gasteiger partial charge >= 0.3 is 0 Å². The van der Waals surface area contributed by atoms with Crippen molar-refractivity contribution < 1.29 is 8.42 Å². The molecule has 0 saturated carbocycles. The Morgan fingerprint density at radius 1 is 1.38 bits per heavy atom. The average Bonchev–Trinajstić information content (AvgIpc) is 2.48. The van der Waals surface area contributed by atoms with Crippen LogP contribution in [0.3, 0.4) is 0 Å². The van der Waals surface area contributed by atoms with Crippen LogP contribution in [-0.2, 0) is 10.0 Å². The Hall–Kier alpha value is -0.820. The molecule has 1 aromatic carbocycles. The largest absolute Gasteiger partial charge is 0.398 e. The first-order valence-electron chi connectivity index (χ1n) is 7.19. The van der Waals surface area contributed by atoms with Gasteiger partial charge in [0.15, 0.2) is 0 Å². The van der Waals surface area contributed by atoms with E-state index in [9.17, 15) is 8.42 Å². The van der Waals surface area contributed by atoms with Crippen LogP contribution in [-0.4, -0.2) is 39.5 Å². The van der Waals surface area contributed by atoms with Gasteiger partial charge in [-0.2, -0.15) is 0 Å². The summed E-state index contributed by atoms with van der Waals surface area (Å²) in [7, 11) is -3.52. The van der Waals surface area contributed by atoms with Gasteiger partial charge in [0.2, 0.25) is 10.0 Å². The van der Waals surface area contributed by atoms with E-state index in [0.717, 1.165) is 32.5 Å². The smallest absolute Gasteiger partial charge is 0.240 e. The van der Waals surface area contributed by atoms with Crippen molar-refractivity contribution in [2.24, 2.45) is 5.92 Å². The summed E-state index contributed by atoms with van der Waals surface area (Å²) in [5.74, 6) is 0.395. The van der Waals surface area contributed by atoms with Crippen molar-refractivity contribution in [1.29, 1.82) is 0 Å². The van der Waals surface area contributed by atoms with Crippen LogP contribution in [0.25, 0.3) is 0 Å². The summed E-state index contributed by atoms with van der Waals surface area (Å²) in [5.41, 5.74) is 5.97. The van der Waals surface area contributed by atoms with Crippen molar-refractivity contribution in [1.82, 2.24) is 9.62 Å². The molecule has 0 bridgehead atoms. The Kier molecular flexibility index (Phi) is 5.48. The third kappa shape index (κ3) is 4.32. The maximum Gasteiger partial charge on any atom is 0.240 e. The molecule has 0 aromatic heterocycles. The summed E-state index contributed by atoms with van der Waals surface area (Å²) >= 11 is 5.88. The minimum Gasteiger partial charge on any atom is -0.398 e. The Morgan fingerprint density at radius 2 is 2.05 bits per heavy atom. The molecule has 0 atom stereocenters. The highest BCUT2D eigenvalue weighted by Gasteiger charge is 2.21. The highest BCUT2D eigenvalue weighted by molar-refractivity contribution is 7.89. The minimum atomic E-state index is -3.52. The number of benzene rings is 1. The first-order chi connectivity index (χ1) is 9.92. The second-order valence-electron chi connectivity index (χ2n) is 5.41. The summed E-state index contributed by atoms with van der Waals surface area (Å²) in [6, 6.07) is 4.37. The summed E-state index contributed by atoms with van der Waals surface area (Å²) in [5, 5.41) is 0.258. The number of rotatable bonds is 5. The standard InChI is InChI=1S/C14H22ClN3O2S/c1-2-18-7-5-11(6-8-18)10-17-21(19,20)12-3-4-14(16)13(15)9-12/h3-4,9,11,17H,2,5-8,10,16H2,1H3. The number of nitrogens with zero attached hydrogens (tertiary/aromatic N) is 1. The van der Waals surface area contributed by atoms with Gasteiger partial charge in [-0.25, -0.2) is 13.1 Å². The third-order valence-electron chi connectivity index (χ3n) is 4.00. The summed E-state index contributed by atoms with van der Waals surface area (Å²) in [6.07, 6.45) is 2.05. The Bertz CT molecular complexity index is 584. The minimum absolute atomic E-state index is 0.160. The highest BCUT2D eigenvalue weighted by Crippen LogP contribution is 2.23. The fraction of sp³-hybridized carbons (Fsp3) is 0.571. The van der Waals surface area contributed by atoms with Gasteiger partial charge in [-0.05, 0) is 56.6 Å². The number of nitrogens with two attached hydrogens (primary N) is 1. The monoisotopic (exact) mass is 331 g/mol. The van der Waals surface area contributed by atoms with E-state index in [4.69, 9.17) is 17.3 Å². The Labute approximate surface area is 131 Å². The van der Waals surface area contributed by atoms with Crippen LogP contribution in [0, 0.1) is 5.92 Å².